The van der Waals surface area contributed by atoms with Crippen LogP contribution in [0.1, 0.15) is 19.8 Å². The molecule has 0 aliphatic carbocycles. The zero-order valence-corrected chi connectivity index (χ0v) is 8.94. The number of nitrogens with zero attached hydrogens (tertiary/aromatic N) is 2. The molecule has 14 heavy (non-hydrogen) atoms. The maximum absolute atomic E-state index is 8.72. The lowest BCUT2D eigenvalue weighted by Gasteiger charge is -2.36. The molecule has 0 spiro atoms. The van der Waals surface area contributed by atoms with Crippen LogP contribution in [0.25, 0.3) is 0 Å². The van der Waals surface area contributed by atoms with Gasteiger partial charge in [0.1, 0.15) is 6.04 Å². The number of rotatable bonds is 3. The Morgan fingerprint density at radius 3 is 2.86 bits per heavy atom. The SMILES string of the molecule is CC(C(N)C#N)N(C)C1CCCOC1. The summed E-state index contributed by atoms with van der Waals surface area (Å²) in [6, 6.07) is 2.17. The highest BCUT2D eigenvalue weighted by molar-refractivity contribution is 4.96. The van der Waals surface area contributed by atoms with Gasteiger partial charge in [0.2, 0.25) is 0 Å². The van der Waals surface area contributed by atoms with Crippen LogP contribution in [0.3, 0.4) is 0 Å². The third kappa shape index (κ3) is 2.68. The van der Waals surface area contributed by atoms with Crippen LogP contribution in [0.2, 0.25) is 0 Å². The summed E-state index contributed by atoms with van der Waals surface area (Å²) < 4.78 is 5.40. The van der Waals surface area contributed by atoms with Gasteiger partial charge in [-0.3, -0.25) is 4.90 Å². The van der Waals surface area contributed by atoms with Gasteiger partial charge < -0.3 is 10.5 Å². The minimum Gasteiger partial charge on any atom is -0.380 e. The number of likely N-dealkylation sites (N-methyl/N-ethyl adjacent to an activating group) is 1. The van der Waals surface area contributed by atoms with E-state index >= 15 is 0 Å². The molecule has 3 unspecified atom stereocenters. The Kier molecular flexibility index (Phi) is 4.33. The van der Waals surface area contributed by atoms with Crippen molar-refractivity contribution >= 4 is 0 Å². The molecule has 1 aliphatic rings. The van der Waals surface area contributed by atoms with E-state index in [1.807, 2.05) is 14.0 Å². The first kappa shape index (κ1) is 11.4. The van der Waals surface area contributed by atoms with Crippen LogP contribution >= 0.6 is 0 Å². The van der Waals surface area contributed by atoms with Crippen molar-refractivity contribution in [3.63, 3.8) is 0 Å². The van der Waals surface area contributed by atoms with E-state index in [9.17, 15) is 0 Å². The van der Waals surface area contributed by atoms with E-state index in [0.29, 0.717) is 6.04 Å². The normalized spacial score (nSPS) is 26.9. The molecule has 1 fully saturated rings. The van der Waals surface area contributed by atoms with Crippen LogP contribution in [0.15, 0.2) is 0 Å². The summed E-state index contributed by atoms with van der Waals surface area (Å²) in [5.41, 5.74) is 5.68. The first-order valence-electron chi connectivity index (χ1n) is 5.11. The van der Waals surface area contributed by atoms with E-state index < -0.39 is 6.04 Å². The molecule has 1 saturated heterocycles. The monoisotopic (exact) mass is 197 g/mol. The van der Waals surface area contributed by atoms with Crippen molar-refractivity contribution in [2.45, 2.75) is 37.9 Å². The van der Waals surface area contributed by atoms with Crippen molar-refractivity contribution in [1.82, 2.24) is 4.90 Å². The van der Waals surface area contributed by atoms with Gasteiger partial charge in [-0.2, -0.15) is 5.26 Å². The van der Waals surface area contributed by atoms with Crippen LogP contribution in [-0.4, -0.2) is 43.3 Å². The maximum Gasteiger partial charge on any atom is 0.108 e. The molecular weight excluding hydrogens is 178 g/mol. The third-order valence-corrected chi connectivity index (χ3v) is 3.02. The van der Waals surface area contributed by atoms with Gasteiger partial charge in [-0.25, -0.2) is 0 Å². The van der Waals surface area contributed by atoms with E-state index in [1.54, 1.807) is 0 Å². The predicted octanol–water partition coefficient (Wildman–Crippen LogP) is 0.337. The molecule has 0 aromatic heterocycles. The second-order valence-electron chi connectivity index (χ2n) is 3.93. The number of hydrogen-bond acceptors (Lipinski definition) is 4. The lowest BCUT2D eigenvalue weighted by Crippen LogP contribution is -2.50. The van der Waals surface area contributed by atoms with Gasteiger partial charge in [0.25, 0.3) is 0 Å². The molecule has 0 bridgehead atoms. The molecule has 0 radical (unpaired) electrons. The Labute approximate surface area is 85.6 Å². The van der Waals surface area contributed by atoms with Crippen molar-refractivity contribution in [2.24, 2.45) is 5.73 Å². The number of nitrogens with two attached hydrogens (primary N) is 1. The summed E-state index contributed by atoms with van der Waals surface area (Å²) in [5, 5.41) is 8.72. The highest BCUT2D eigenvalue weighted by atomic mass is 16.5. The van der Waals surface area contributed by atoms with Gasteiger partial charge >= 0.3 is 0 Å². The van der Waals surface area contributed by atoms with Crippen molar-refractivity contribution in [3.8, 4) is 6.07 Å². The second kappa shape index (κ2) is 5.30. The molecule has 80 valence electrons. The van der Waals surface area contributed by atoms with E-state index in [1.165, 1.54) is 0 Å². The van der Waals surface area contributed by atoms with Crippen LogP contribution in [-0.2, 0) is 4.74 Å². The Morgan fingerprint density at radius 2 is 2.36 bits per heavy atom. The van der Waals surface area contributed by atoms with Crippen LogP contribution in [0.5, 0.6) is 0 Å². The molecule has 1 aliphatic heterocycles. The number of hydrogen-bond donors (Lipinski definition) is 1. The zero-order valence-electron chi connectivity index (χ0n) is 8.94. The minimum absolute atomic E-state index is 0.0895. The van der Waals surface area contributed by atoms with Gasteiger partial charge in [0, 0.05) is 18.7 Å². The molecule has 0 amide bonds. The van der Waals surface area contributed by atoms with Crippen LogP contribution < -0.4 is 5.73 Å². The second-order valence-corrected chi connectivity index (χ2v) is 3.93. The summed E-state index contributed by atoms with van der Waals surface area (Å²) in [7, 11) is 2.02. The van der Waals surface area contributed by atoms with Crippen LogP contribution in [0, 0.1) is 11.3 Å². The predicted molar refractivity (Wildman–Crippen MR) is 54.7 cm³/mol. The Morgan fingerprint density at radius 1 is 1.64 bits per heavy atom. The Balaban J connectivity index is 2.46. The van der Waals surface area contributed by atoms with Gasteiger partial charge in [0.15, 0.2) is 0 Å². The molecule has 0 aromatic carbocycles. The quantitative estimate of drug-likeness (QED) is 0.708. The standard InChI is InChI=1S/C10H19N3O/c1-8(10(12)6-11)13(2)9-4-3-5-14-7-9/h8-10H,3-5,7,12H2,1-2H3. The van der Waals surface area contributed by atoms with Gasteiger partial charge in [-0.05, 0) is 26.8 Å². The van der Waals surface area contributed by atoms with Gasteiger partial charge in [-0.15, -0.1) is 0 Å². The van der Waals surface area contributed by atoms with Crippen molar-refractivity contribution in [1.29, 1.82) is 5.26 Å². The lowest BCUT2D eigenvalue weighted by atomic mass is 10.0. The van der Waals surface area contributed by atoms with Crippen molar-refractivity contribution < 1.29 is 4.74 Å². The molecule has 1 rings (SSSR count). The van der Waals surface area contributed by atoms with Crippen molar-refractivity contribution in [2.75, 3.05) is 20.3 Å². The first-order valence-corrected chi connectivity index (χ1v) is 5.11. The maximum atomic E-state index is 8.72. The number of nitriles is 1. The van der Waals surface area contributed by atoms with E-state index in [0.717, 1.165) is 26.1 Å². The molecule has 0 saturated carbocycles. The molecule has 0 aromatic rings. The van der Waals surface area contributed by atoms with Crippen molar-refractivity contribution in [3.05, 3.63) is 0 Å². The summed E-state index contributed by atoms with van der Waals surface area (Å²) in [6.45, 7) is 3.62. The first-order chi connectivity index (χ1) is 6.66. The molecule has 3 atom stereocenters. The fraction of sp³-hybridized carbons (Fsp3) is 0.900. The van der Waals surface area contributed by atoms with E-state index in [4.69, 9.17) is 15.7 Å². The van der Waals surface area contributed by atoms with E-state index in [2.05, 4.69) is 11.0 Å². The topological polar surface area (TPSA) is 62.3 Å². The average molecular weight is 197 g/mol. The van der Waals surface area contributed by atoms with Gasteiger partial charge in [0.05, 0.1) is 12.7 Å². The van der Waals surface area contributed by atoms with Crippen LogP contribution in [0.4, 0.5) is 0 Å². The van der Waals surface area contributed by atoms with Gasteiger partial charge in [-0.1, -0.05) is 0 Å². The number of ether oxygens (including phenoxy) is 1. The Bertz CT molecular complexity index is 208. The summed E-state index contributed by atoms with van der Waals surface area (Å²) in [5.74, 6) is 0. The average Bonchev–Trinajstić information content (AvgIpc) is 2.27. The van der Waals surface area contributed by atoms with E-state index in [-0.39, 0.29) is 6.04 Å². The zero-order chi connectivity index (χ0) is 10.6. The molecular formula is C10H19N3O. The molecule has 4 nitrogen and oxygen atoms in total. The summed E-state index contributed by atoms with van der Waals surface area (Å²) in [4.78, 5) is 2.16. The lowest BCUT2D eigenvalue weighted by molar-refractivity contribution is 0.0134. The molecule has 2 N–H and O–H groups in total. The third-order valence-electron chi connectivity index (χ3n) is 3.02. The fourth-order valence-electron chi connectivity index (χ4n) is 1.74. The molecule has 4 heteroatoms. The highest BCUT2D eigenvalue weighted by Crippen LogP contribution is 2.15. The molecule has 1 heterocycles. The summed E-state index contributed by atoms with van der Waals surface area (Å²) in [6.07, 6.45) is 2.24. The highest BCUT2D eigenvalue weighted by Gasteiger charge is 2.25. The Hall–Kier alpha value is -0.630. The largest absolute Gasteiger partial charge is 0.380 e. The minimum atomic E-state index is -0.415. The smallest absolute Gasteiger partial charge is 0.108 e. The fourth-order valence-corrected chi connectivity index (χ4v) is 1.74. The summed E-state index contributed by atoms with van der Waals surface area (Å²) >= 11 is 0.